The molecule has 1 N–H and O–H groups in total. The van der Waals surface area contributed by atoms with Crippen LogP contribution in [0.3, 0.4) is 0 Å². The summed E-state index contributed by atoms with van der Waals surface area (Å²) in [6, 6.07) is 3.53. The zero-order valence-electron chi connectivity index (χ0n) is 11.9. The molecule has 1 saturated carbocycles. The van der Waals surface area contributed by atoms with Crippen molar-refractivity contribution in [2.75, 3.05) is 19.8 Å². The summed E-state index contributed by atoms with van der Waals surface area (Å²) in [6.07, 6.45) is 1.24. The number of aliphatic carboxylic acids is 1. The fraction of sp³-hybridized carbons (Fsp3) is 0.600. The lowest BCUT2D eigenvalue weighted by Crippen LogP contribution is -2.44. The summed E-state index contributed by atoms with van der Waals surface area (Å²) >= 11 is 0. The highest BCUT2D eigenvalue weighted by molar-refractivity contribution is 5.89. The van der Waals surface area contributed by atoms with Crippen LogP contribution >= 0.6 is 0 Å². The smallest absolute Gasteiger partial charge is 0.307 e. The molecule has 0 bridgehead atoms. The molecule has 2 fully saturated rings. The Kier molecular flexibility index (Phi) is 3.71. The lowest BCUT2D eigenvalue weighted by molar-refractivity contribution is -0.146. The van der Waals surface area contributed by atoms with E-state index in [9.17, 15) is 9.59 Å². The van der Waals surface area contributed by atoms with E-state index in [-0.39, 0.29) is 17.9 Å². The monoisotopic (exact) mass is 293 g/mol. The lowest BCUT2D eigenvalue weighted by atomic mass is 10.1. The first-order valence-electron chi connectivity index (χ1n) is 7.31. The molecule has 1 aliphatic heterocycles. The summed E-state index contributed by atoms with van der Waals surface area (Å²) < 4.78 is 11.2. The van der Waals surface area contributed by atoms with Crippen molar-refractivity contribution < 1.29 is 23.8 Å². The minimum absolute atomic E-state index is 0.0925. The van der Waals surface area contributed by atoms with Gasteiger partial charge >= 0.3 is 5.97 Å². The third-order valence-electron chi connectivity index (χ3n) is 4.20. The summed E-state index contributed by atoms with van der Waals surface area (Å²) in [5.41, 5.74) is 0. The predicted molar refractivity (Wildman–Crippen MR) is 72.6 cm³/mol. The molecule has 1 aromatic rings. The van der Waals surface area contributed by atoms with E-state index in [4.69, 9.17) is 14.3 Å². The van der Waals surface area contributed by atoms with E-state index in [2.05, 4.69) is 0 Å². The zero-order chi connectivity index (χ0) is 15.0. The highest BCUT2D eigenvalue weighted by Gasteiger charge is 2.51. The van der Waals surface area contributed by atoms with E-state index in [0.717, 1.165) is 12.2 Å². The largest absolute Gasteiger partial charge is 0.481 e. The topological polar surface area (TPSA) is 80.0 Å². The van der Waals surface area contributed by atoms with Gasteiger partial charge in [0.2, 0.25) is 5.91 Å². The van der Waals surface area contributed by atoms with Crippen molar-refractivity contribution >= 4 is 11.9 Å². The molecule has 114 valence electrons. The Labute approximate surface area is 122 Å². The first-order valence-corrected chi connectivity index (χ1v) is 7.31. The molecule has 1 aliphatic carbocycles. The number of hydrogen-bond donors (Lipinski definition) is 1. The van der Waals surface area contributed by atoms with Crippen LogP contribution in [0.1, 0.15) is 30.9 Å². The molecule has 1 amide bonds. The molecule has 21 heavy (non-hydrogen) atoms. The van der Waals surface area contributed by atoms with Crippen LogP contribution in [0.2, 0.25) is 0 Å². The summed E-state index contributed by atoms with van der Waals surface area (Å²) in [7, 11) is 0. The van der Waals surface area contributed by atoms with Crippen LogP contribution in [0.25, 0.3) is 0 Å². The van der Waals surface area contributed by atoms with Crippen molar-refractivity contribution in [3.8, 4) is 0 Å². The Hall–Kier alpha value is -1.82. The third kappa shape index (κ3) is 2.68. The van der Waals surface area contributed by atoms with Gasteiger partial charge in [0.1, 0.15) is 17.6 Å². The number of nitrogens with zero attached hydrogens (tertiary/aromatic N) is 1. The second-order valence-corrected chi connectivity index (χ2v) is 5.57. The van der Waals surface area contributed by atoms with E-state index in [1.807, 2.05) is 19.1 Å². The molecular weight excluding hydrogens is 274 g/mol. The molecule has 6 nitrogen and oxygen atoms in total. The number of ether oxygens (including phenoxy) is 1. The Balaban J connectivity index is 1.75. The number of carbonyl (C=O) groups excluding carboxylic acids is 1. The van der Waals surface area contributed by atoms with Gasteiger partial charge in [0.15, 0.2) is 0 Å². The number of aryl methyl sites for hydroxylation is 1. The minimum Gasteiger partial charge on any atom is -0.481 e. The molecule has 0 unspecified atom stereocenters. The van der Waals surface area contributed by atoms with Gasteiger partial charge in [-0.1, -0.05) is 6.92 Å². The number of rotatable bonds is 4. The second-order valence-electron chi connectivity index (χ2n) is 5.57. The molecule has 2 heterocycles. The van der Waals surface area contributed by atoms with E-state index in [0.29, 0.717) is 31.9 Å². The van der Waals surface area contributed by atoms with Crippen LogP contribution in [0.15, 0.2) is 16.5 Å². The third-order valence-corrected chi connectivity index (χ3v) is 4.20. The first kappa shape index (κ1) is 14.1. The van der Waals surface area contributed by atoms with Crippen molar-refractivity contribution in [2.24, 2.45) is 11.8 Å². The van der Waals surface area contributed by atoms with Crippen molar-refractivity contribution in [1.29, 1.82) is 0 Å². The van der Waals surface area contributed by atoms with Gasteiger partial charge < -0.3 is 19.2 Å². The minimum atomic E-state index is -0.885. The summed E-state index contributed by atoms with van der Waals surface area (Å²) in [5.74, 6) is -0.299. The predicted octanol–water partition coefficient (Wildman–Crippen LogP) is 1.46. The molecule has 1 saturated heterocycles. The van der Waals surface area contributed by atoms with E-state index in [1.165, 1.54) is 0 Å². The van der Waals surface area contributed by atoms with Gasteiger partial charge in [-0.2, -0.15) is 0 Å². The number of amides is 1. The fourth-order valence-corrected chi connectivity index (χ4v) is 2.82. The van der Waals surface area contributed by atoms with Crippen LogP contribution in [0.5, 0.6) is 0 Å². The van der Waals surface area contributed by atoms with Crippen molar-refractivity contribution in [3.63, 3.8) is 0 Å². The molecule has 0 aromatic carbocycles. The van der Waals surface area contributed by atoms with Crippen molar-refractivity contribution in [3.05, 3.63) is 23.7 Å². The number of furan rings is 1. The zero-order valence-corrected chi connectivity index (χ0v) is 11.9. The van der Waals surface area contributed by atoms with Crippen LogP contribution in [0, 0.1) is 11.8 Å². The van der Waals surface area contributed by atoms with Crippen LogP contribution in [0.4, 0.5) is 0 Å². The van der Waals surface area contributed by atoms with Crippen LogP contribution in [-0.4, -0.2) is 41.6 Å². The van der Waals surface area contributed by atoms with Gasteiger partial charge in [-0.15, -0.1) is 0 Å². The highest BCUT2D eigenvalue weighted by atomic mass is 16.5. The lowest BCUT2D eigenvalue weighted by Gasteiger charge is -2.34. The van der Waals surface area contributed by atoms with Crippen molar-refractivity contribution in [1.82, 2.24) is 4.90 Å². The second kappa shape index (κ2) is 5.52. The summed E-state index contributed by atoms with van der Waals surface area (Å²) in [5, 5.41) is 8.98. The Morgan fingerprint density at radius 1 is 1.38 bits per heavy atom. The summed E-state index contributed by atoms with van der Waals surface area (Å²) in [6.45, 7) is 3.36. The van der Waals surface area contributed by atoms with Crippen LogP contribution in [-0.2, 0) is 20.7 Å². The van der Waals surface area contributed by atoms with Gasteiger partial charge in [-0.3, -0.25) is 9.59 Å². The van der Waals surface area contributed by atoms with Gasteiger partial charge in [0.05, 0.1) is 25.0 Å². The van der Waals surface area contributed by atoms with Gasteiger partial charge in [-0.05, 0) is 18.6 Å². The number of carboxylic acid groups (broad SMARTS) is 1. The van der Waals surface area contributed by atoms with E-state index >= 15 is 0 Å². The molecule has 3 atom stereocenters. The van der Waals surface area contributed by atoms with Gasteiger partial charge in [-0.25, -0.2) is 0 Å². The standard InChI is InChI=1S/C15H19NO5/c1-2-9-3-4-13(21-9)12-8-20-6-5-16(12)14(17)10-7-11(10)15(18)19/h3-4,10-12H,2,5-8H2,1H3,(H,18,19)/t10-,11-,12+/m1/s1. The number of carbonyl (C=O) groups is 2. The quantitative estimate of drug-likeness (QED) is 0.909. The summed E-state index contributed by atoms with van der Waals surface area (Å²) in [4.78, 5) is 25.2. The normalized spacial score (nSPS) is 28.4. The molecule has 2 aliphatic rings. The average Bonchev–Trinajstić information content (AvgIpc) is 3.17. The number of carboxylic acids is 1. The Morgan fingerprint density at radius 3 is 2.81 bits per heavy atom. The maximum absolute atomic E-state index is 12.5. The Morgan fingerprint density at radius 2 is 2.19 bits per heavy atom. The highest BCUT2D eigenvalue weighted by Crippen LogP contribution is 2.42. The maximum atomic E-state index is 12.5. The molecule has 3 rings (SSSR count). The molecule has 6 heteroatoms. The maximum Gasteiger partial charge on any atom is 0.307 e. The molecule has 0 spiro atoms. The number of hydrogen-bond acceptors (Lipinski definition) is 4. The first-order chi connectivity index (χ1) is 10.1. The van der Waals surface area contributed by atoms with Crippen LogP contribution < -0.4 is 0 Å². The molecular formula is C15H19NO5. The molecule has 0 radical (unpaired) electrons. The molecule has 1 aromatic heterocycles. The van der Waals surface area contributed by atoms with Gasteiger partial charge in [0.25, 0.3) is 0 Å². The number of morpholine rings is 1. The van der Waals surface area contributed by atoms with Crippen molar-refractivity contribution in [2.45, 2.75) is 25.8 Å². The van der Waals surface area contributed by atoms with E-state index in [1.54, 1.807) is 4.90 Å². The van der Waals surface area contributed by atoms with E-state index < -0.39 is 11.9 Å². The average molecular weight is 293 g/mol. The SMILES string of the molecule is CCc1ccc([C@@H]2COCCN2C(=O)[C@@H]2C[C@H]2C(=O)O)o1. The fourth-order valence-electron chi connectivity index (χ4n) is 2.82. The van der Waals surface area contributed by atoms with Gasteiger partial charge in [0, 0.05) is 13.0 Å². The Bertz CT molecular complexity index is 552.